The number of nitrogens with one attached hydrogen (secondary N) is 1. The van der Waals surface area contributed by atoms with E-state index in [4.69, 9.17) is 4.74 Å². The van der Waals surface area contributed by atoms with E-state index >= 15 is 0 Å². The number of amides is 1. The molecule has 0 aromatic heterocycles. The summed E-state index contributed by atoms with van der Waals surface area (Å²) in [5.41, 5.74) is 1.80. The van der Waals surface area contributed by atoms with Crippen LogP contribution in [0, 0.1) is 13.8 Å². The maximum absolute atomic E-state index is 12.6. The van der Waals surface area contributed by atoms with Crippen molar-refractivity contribution in [3.63, 3.8) is 0 Å². The number of piperazine rings is 1. The lowest BCUT2D eigenvalue weighted by Crippen LogP contribution is -2.51. The van der Waals surface area contributed by atoms with Crippen LogP contribution in [0.4, 0.5) is 0 Å². The molecule has 1 saturated heterocycles. The molecule has 1 aliphatic heterocycles. The molecule has 1 N–H and O–H groups in total. The highest BCUT2D eigenvalue weighted by atomic mass is 32.2. The zero-order valence-electron chi connectivity index (χ0n) is 15.3. The average Bonchev–Trinajstić information content (AvgIpc) is 2.61. The molecule has 2 rings (SSSR count). The number of hydrogen-bond acceptors (Lipinski definition) is 5. The van der Waals surface area contributed by atoms with Gasteiger partial charge in [-0.05, 0) is 43.7 Å². The molecule has 0 atom stereocenters. The van der Waals surface area contributed by atoms with Crippen molar-refractivity contribution in [3.8, 4) is 5.75 Å². The van der Waals surface area contributed by atoms with Crippen molar-refractivity contribution in [3.05, 3.63) is 23.3 Å². The van der Waals surface area contributed by atoms with Gasteiger partial charge in [0.05, 0.1) is 13.7 Å². The second-order valence-electron chi connectivity index (χ2n) is 6.23. The van der Waals surface area contributed by atoms with Crippen LogP contribution in [0.5, 0.6) is 5.75 Å². The molecule has 1 heterocycles. The fourth-order valence-electron chi connectivity index (χ4n) is 2.79. The number of ether oxygens (including phenoxy) is 1. The third-order valence-corrected chi connectivity index (χ3v) is 6.08. The van der Waals surface area contributed by atoms with Crippen LogP contribution in [0.15, 0.2) is 17.0 Å². The van der Waals surface area contributed by atoms with Crippen molar-refractivity contribution in [2.24, 2.45) is 0 Å². The normalized spacial score (nSPS) is 16.1. The van der Waals surface area contributed by atoms with Crippen LogP contribution in [-0.2, 0) is 14.8 Å². The molecule has 1 aromatic carbocycles. The van der Waals surface area contributed by atoms with Gasteiger partial charge in [-0.1, -0.05) is 6.92 Å². The Kier molecular flexibility index (Phi) is 6.42. The van der Waals surface area contributed by atoms with E-state index < -0.39 is 10.0 Å². The minimum Gasteiger partial charge on any atom is -0.495 e. The summed E-state index contributed by atoms with van der Waals surface area (Å²) in [5, 5.41) is 0. The maximum Gasteiger partial charge on any atom is 0.244 e. The average molecular weight is 369 g/mol. The molecule has 25 heavy (non-hydrogen) atoms. The van der Waals surface area contributed by atoms with Gasteiger partial charge >= 0.3 is 0 Å². The highest BCUT2D eigenvalue weighted by Gasteiger charge is 2.24. The molecule has 0 unspecified atom stereocenters. The van der Waals surface area contributed by atoms with Crippen LogP contribution < -0.4 is 9.46 Å². The van der Waals surface area contributed by atoms with Crippen LogP contribution in [0.2, 0.25) is 0 Å². The summed E-state index contributed by atoms with van der Waals surface area (Å²) in [6.45, 7) is 9.42. The molecule has 0 saturated carbocycles. The first-order chi connectivity index (χ1) is 11.8. The van der Waals surface area contributed by atoms with Crippen LogP contribution in [0.3, 0.4) is 0 Å². The molecular formula is C17H27N3O4S. The van der Waals surface area contributed by atoms with E-state index in [-0.39, 0.29) is 23.1 Å². The Morgan fingerprint density at radius 2 is 1.76 bits per heavy atom. The van der Waals surface area contributed by atoms with E-state index in [1.54, 1.807) is 17.0 Å². The fraction of sp³-hybridized carbons (Fsp3) is 0.588. The van der Waals surface area contributed by atoms with Gasteiger partial charge in [0.15, 0.2) is 0 Å². The van der Waals surface area contributed by atoms with Crippen LogP contribution in [-0.4, -0.2) is 70.5 Å². The molecule has 0 bridgehead atoms. The fourth-order valence-corrected chi connectivity index (χ4v) is 4.00. The number of aryl methyl sites for hydroxylation is 2. The first-order valence-corrected chi connectivity index (χ1v) is 9.91. The number of carbonyl (C=O) groups excluding carboxylic acids is 1. The third-order valence-electron chi connectivity index (χ3n) is 4.66. The summed E-state index contributed by atoms with van der Waals surface area (Å²) in [4.78, 5) is 16.3. The molecule has 1 amide bonds. The Bertz CT molecular complexity index is 726. The molecule has 7 nitrogen and oxygen atoms in total. The van der Waals surface area contributed by atoms with Crippen LogP contribution >= 0.6 is 0 Å². The van der Waals surface area contributed by atoms with Crippen molar-refractivity contribution < 1.29 is 17.9 Å². The van der Waals surface area contributed by atoms with Gasteiger partial charge in [-0.15, -0.1) is 0 Å². The lowest BCUT2D eigenvalue weighted by molar-refractivity contribution is -0.131. The number of sulfonamides is 1. The molecule has 1 aliphatic rings. The van der Waals surface area contributed by atoms with Crippen molar-refractivity contribution >= 4 is 15.9 Å². The number of rotatable bonds is 6. The second-order valence-corrected chi connectivity index (χ2v) is 7.96. The van der Waals surface area contributed by atoms with Crippen molar-refractivity contribution in [2.45, 2.75) is 25.7 Å². The summed E-state index contributed by atoms with van der Waals surface area (Å²) in [6, 6.07) is 3.26. The van der Waals surface area contributed by atoms with E-state index in [1.807, 2.05) is 13.8 Å². The monoisotopic (exact) mass is 369 g/mol. The first-order valence-electron chi connectivity index (χ1n) is 8.43. The van der Waals surface area contributed by atoms with E-state index in [0.717, 1.165) is 30.8 Å². The number of methoxy groups -OCH3 is 1. The lowest BCUT2D eigenvalue weighted by Gasteiger charge is -2.34. The van der Waals surface area contributed by atoms with E-state index in [0.29, 0.717) is 13.1 Å². The van der Waals surface area contributed by atoms with Gasteiger partial charge in [0.25, 0.3) is 0 Å². The highest BCUT2D eigenvalue weighted by Crippen LogP contribution is 2.27. The summed E-state index contributed by atoms with van der Waals surface area (Å²) in [5.74, 6) is 0.0711. The van der Waals surface area contributed by atoms with Crippen LogP contribution in [0.25, 0.3) is 0 Å². The second kappa shape index (κ2) is 8.16. The standard InChI is InChI=1S/C17H27N3O4S/c1-5-19-6-8-20(9-7-19)17(21)12-18-25(22,23)16-11-14(3)13(2)10-15(16)24-4/h10-11,18H,5-9,12H2,1-4H3. The van der Waals surface area contributed by atoms with Crippen LogP contribution in [0.1, 0.15) is 18.1 Å². The van der Waals surface area contributed by atoms with Gasteiger partial charge in [0.2, 0.25) is 15.9 Å². The summed E-state index contributed by atoms with van der Waals surface area (Å²) < 4.78 is 32.8. The number of carbonyl (C=O) groups is 1. The first kappa shape index (κ1) is 19.7. The van der Waals surface area contributed by atoms with Gasteiger partial charge in [-0.25, -0.2) is 13.1 Å². The summed E-state index contributed by atoms with van der Waals surface area (Å²) >= 11 is 0. The summed E-state index contributed by atoms with van der Waals surface area (Å²) in [6.07, 6.45) is 0. The van der Waals surface area contributed by atoms with Gasteiger partial charge in [-0.3, -0.25) is 4.79 Å². The Hall–Kier alpha value is -1.64. The minimum absolute atomic E-state index is 0.0571. The van der Waals surface area contributed by atoms with E-state index in [2.05, 4.69) is 16.5 Å². The molecule has 0 radical (unpaired) electrons. The number of likely N-dealkylation sites (N-methyl/N-ethyl adjacent to an activating group) is 1. The van der Waals surface area contributed by atoms with Crippen molar-refractivity contribution in [1.29, 1.82) is 0 Å². The topological polar surface area (TPSA) is 79.0 Å². The molecule has 0 spiro atoms. The zero-order chi connectivity index (χ0) is 18.6. The van der Waals surface area contributed by atoms with Crippen molar-refractivity contribution in [2.75, 3.05) is 46.4 Å². The van der Waals surface area contributed by atoms with E-state index in [9.17, 15) is 13.2 Å². The van der Waals surface area contributed by atoms with Gasteiger partial charge in [-0.2, -0.15) is 0 Å². The Morgan fingerprint density at radius 3 is 2.32 bits per heavy atom. The third kappa shape index (κ3) is 4.71. The van der Waals surface area contributed by atoms with Crippen molar-refractivity contribution in [1.82, 2.24) is 14.5 Å². The summed E-state index contributed by atoms with van der Waals surface area (Å²) in [7, 11) is -2.39. The number of nitrogens with zero attached hydrogens (tertiary/aromatic N) is 2. The minimum atomic E-state index is -3.82. The predicted molar refractivity (Wildman–Crippen MR) is 96.4 cm³/mol. The van der Waals surface area contributed by atoms with Gasteiger partial charge in [0.1, 0.15) is 10.6 Å². The molecular weight excluding hydrogens is 342 g/mol. The Labute approximate surface area is 150 Å². The van der Waals surface area contributed by atoms with E-state index in [1.165, 1.54) is 7.11 Å². The predicted octanol–water partition coefficient (Wildman–Crippen LogP) is 0.754. The smallest absolute Gasteiger partial charge is 0.244 e. The molecule has 0 aliphatic carbocycles. The lowest BCUT2D eigenvalue weighted by atomic mass is 10.1. The quantitative estimate of drug-likeness (QED) is 0.801. The highest BCUT2D eigenvalue weighted by molar-refractivity contribution is 7.89. The molecule has 140 valence electrons. The molecule has 1 fully saturated rings. The van der Waals surface area contributed by atoms with Gasteiger partial charge in [0, 0.05) is 26.2 Å². The Morgan fingerprint density at radius 1 is 1.16 bits per heavy atom. The SMILES string of the molecule is CCN1CCN(C(=O)CNS(=O)(=O)c2cc(C)c(C)cc2OC)CC1. The molecule has 1 aromatic rings. The molecule has 8 heteroatoms. The largest absolute Gasteiger partial charge is 0.495 e. The van der Waals surface area contributed by atoms with Gasteiger partial charge < -0.3 is 14.5 Å². The Balaban J connectivity index is 2.05. The number of hydrogen-bond donors (Lipinski definition) is 1. The zero-order valence-corrected chi connectivity index (χ0v) is 16.1. The number of benzene rings is 1. The maximum atomic E-state index is 12.6.